The van der Waals surface area contributed by atoms with Gasteiger partial charge in [0.05, 0.1) is 12.6 Å². The number of aliphatic hydroxyl groups is 1. The van der Waals surface area contributed by atoms with Gasteiger partial charge in [-0.05, 0) is 36.5 Å². The molecule has 2 amide bonds. The molecule has 0 saturated carbocycles. The molecule has 2 N–H and O–H groups in total. The molecule has 0 aromatic heterocycles. The molecule has 1 unspecified atom stereocenters. The molecule has 1 heterocycles. The topological polar surface area (TPSA) is 52.6 Å². The Morgan fingerprint density at radius 1 is 1.48 bits per heavy atom. The first kappa shape index (κ1) is 15.7. The van der Waals surface area contributed by atoms with E-state index in [9.17, 15) is 18.7 Å². The van der Waals surface area contributed by atoms with Gasteiger partial charge >= 0.3 is 6.03 Å². The molecule has 2 rings (SSSR count). The van der Waals surface area contributed by atoms with Crippen molar-refractivity contribution in [1.29, 1.82) is 0 Å². The van der Waals surface area contributed by atoms with E-state index in [1.165, 1.54) is 6.07 Å². The number of halogens is 2. The van der Waals surface area contributed by atoms with Crippen LogP contribution in [0.15, 0.2) is 18.2 Å². The number of carbonyl (C=O) groups is 1. The van der Waals surface area contributed by atoms with Crippen molar-refractivity contribution in [3.63, 3.8) is 0 Å². The second-order valence-corrected chi connectivity index (χ2v) is 5.43. The van der Waals surface area contributed by atoms with Gasteiger partial charge in [0.1, 0.15) is 0 Å². The highest BCUT2D eigenvalue weighted by molar-refractivity contribution is 5.74. The van der Waals surface area contributed by atoms with Gasteiger partial charge in [-0.1, -0.05) is 13.0 Å². The molecule has 116 valence electrons. The van der Waals surface area contributed by atoms with Gasteiger partial charge < -0.3 is 15.3 Å². The monoisotopic (exact) mass is 298 g/mol. The summed E-state index contributed by atoms with van der Waals surface area (Å²) >= 11 is 0. The summed E-state index contributed by atoms with van der Waals surface area (Å²) < 4.78 is 26.1. The molecule has 4 nitrogen and oxygen atoms in total. The summed E-state index contributed by atoms with van der Waals surface area (Å²) in [5.41, 5.74) is 0.634. The highest BCUT2D eigenvalue weighted by Crippen LogP contribution is 2.19. The fourth-order valence-corrected chi connectivity index (χ4v) is 2.57. The van der Waals surface area contributed by atoms with E-state index in [0.29, 0.717) is 18.7 Å². The SMILES string of the molecule is CC(CNC(=O)N1CCC[C@@H]1CO)c1ccc(F)c(F)c1. The number of carbonyl (C=O) groups excluding carboxylic acids is 1. The lowest BCUT2D eigenvalue weighted by molar-refractivity contribution is 0.157. The van der Waals surface area contributed by atoms with Crippen LogP contribution in [0.4, 0.5) is 13.6 Å². The van der Waals surface area contributed by atoms with Gasteiger partial charge in [0.25, 0.3) is 0 Å². The minimum atomic E-state index is -0.884. The molecular formula is C15H20F2N2O2. The maximum Gasteiger partial charge on any atom is 0.317 e. The van der Waals surface area contributed by atoms with Crippen molar-refractivity contribution in [1.82, 2.24) is 10.2 Å². The molecule has 1 fully saturated rings. The smallest absolute Gasteiger partial charge is 0.317 e. The Balaban J connectivity index is 1.89. The highest BCUT2D eigenvalue weighted by Gasteiger charge is 2.28. The molecular weight excluding hydrogens is 278 g/mol. The van der Waals surface area contributed by atoms with Crippen LogP contribution in [0.2, 0.25) is 0 Å². The fourth-order valence-electron chi connectivity index (χ4n) is 2.57. The predicted molar refractivity (Wildman–Crippen MR) is 75.0 cm³/mol. The van der Waals surface area contributed by atoms with E-state index in [1.54, 1.807) is 4.90 Å². The summed E-state index contributed by atoms with van der Waals surface area (Å²) in [5, 5.41) is 12.0. The van der Waals surface area contributed by atoms with Crippen LogP contribution < -0.4 is 5.32 Å². The Labute approximate surface area is 122 Å². The lowest BCUT2D eigenvalue weighted by atomic mass is 10.0. The van der Waals surface area contributed by atoms with Crippen molar-refractivity contribution in [2.45, 2.75) is 31.7 Å². The van der Waals surface area contributed by atoms with E-state index in [4.69, 9.17) is 0 Å². The molecule has 0 bridgehead atoms. The average Bonchev–Trinajstić information content (AvgIpc) is 2.95. The molecule has 2 atom stereocenters. The number of hydrogen-bond acceptors (Lipinski definition) is 2. The first-order valence-electron chi connectivity index (χ1n) is 7.13. The third-order valence-electron chi connectivity index (χ3n) is 3.92. The van der Waals surface area contributed by atoms with Crippen LogP contribution in [0.3, 0.4) is 0 Å². The van der Waals surface area contributed by atoms with E-state index in [0.717, 1.165) is 25.0 Å². The van der Waals surface area contributed by atoms with Crippen LogP contribution in [0, 0.1) is 11.6 Å². The number of aliphatic hydroxyl groups excluding tert-OH is 1. The third kappa shape index (κ3) is 3.69. The van der Waals surface area contributed by atoms with Crippen LogP contribution >= 0.6 is 0 Å². The van der Waals surface area contributed by atoms with Gasteiger partial charge in [-0.15, -0.1) is 0 Å². The van der Waals surface area contributed by atoms with E-state index in [-0.39, 0.29) is 24.6 Å². The lowest BCUT2D eigenvalue weighted by Crippen LogP contribution is -2.45. The van der Waals surface area contributed by atoms with Crippen LogP contribution in [0.25, 0.3) is 0 Å². The highest BCUT2D eigenvalue weighted by atomic mass is 19.2. The third-order valence-corrected chi connectivity index (χ3v) is 3.92. The quantitative estimate of drug-likeness (QED) is 0.895. The minimum Gasteiger partial charge on any atom is -0.394 e. The molecule has 1 aliphatic rings. The standard InChI is InChI=1S/C15H20F2N2O2/c1-10(11-4-5-13(16)14(17)7-11)8-18-15(21)19-6-2-3-12(19)9-20/h4-5,7,10,12,20H,2-3,6,8-9H2,1H3,(H,18,21)/t10?,12-/m1/s1. The Morgan fingerprint density at radius 2 is 2.24 bits per heavy atom. The first-order chi connectivity index (χ1) is 10.0. The Morgan fingerprint density at radius 3 is 2.90 bits per heavy atom. The maximum absolute atomic E-state index is 13.2. The van der Waals surface area contributed by atoms with Crippen LogP contribution in [-0.4, -0.2) is 41.8 Å². The second kappa shape index (κ2) is 6.85. The van der Waals surface area contributed by atoms with E-state index >= 15 is 0 Å². The van der Waals surface area contributed by atoms with E-state index in [1.807, 2.05) is 6.92 Å². The van der Waals surface area contributed by atoms with Crippen LogP contribution in [0.1, 0.15) is 31.2 Å². The largest absolute Gasteiger partial charge is 0.394 e. The molecule has 6 heteroatoms. The summed E-state index contributed by atoms with van der Waals surface area (Å²) in [6, 6.07) is 3.41. The number of benzene rings is 1. The van der Waals surface area contributed by atoms with Crippen LogP contribution in [-0.2, 0) is 0 Å². The van der Waals surface area contributed by atoms with E-state index < -0.39 is 11.6 Å². The number of amides is 2. The van der Waals surface area contributed by atoms with Gasteiger partial charge in [0.2, 0.25) is 0 Å². The Kier molecular flexibility index (Phi) is 5.12. The number of likely N-dealkylation sites (tertiary alicyclic amines) is 1. The summed E-state index contributed by atoms with van der Waals surface area (Å²) in [4.78, 5) is 13.7. The molecule has 1 aliphatic heterocycles. The molecule has 0 spiro atoms. The number of nitrogens with zero attached hydrogens (tertiary/aromatic N) is 1. The summed E-state index contributed by atoms with van der Waals surface area (Å²) in [7, 11) is 0. The van der Waals surface area contributed by atoms with Crippen molar-refractivity contribution in [3.05, 3.63) is 35.4 Å². The zero-order valence-corrected chi connectivity index (χ0v) is 12.0. The van der Waals surface area contributed by atoms with Gasteiger partial charge in [-0.2, -0.15) is 0 Å². The van der Waals surface area contributed by atoms with Gasteiger partial charge in [-0.3, -0.25) is 0 Å². The second-order valence-electron chi connectivity index (χ2n) is 5.43. The first-order valence-corrected chi connectivity index (χ1v) is 7.13. The summed E-state index contributed by atoms with van der Waals surface area (Å²) in [5.74, 6) is -1.89. The number of nitrogens with one attached hydrogen (secondary N) is 1. The normalized spacial score (nSPS) is 19.6. The summed E-state index contributed by atoms with van der Waals surface area (Å²) in [6.45, 7) is 2.77. The van der Waals surface area contributed by atoms with Crippen LogP contribution in [0.5, 0.6) is 0 Å². The molecule has 1 aromatic rings. The number of rotatable bonds is 4. The molecule has 0 radical (unpaired) electrons. The zero-order valence-electron chi connectivity index (χ0n) is 12.0. The fraction of sp³-hybridized carbons (Fsp3) is 0.533. The molecule has 1 saturated heterocycles. The zero-order chi connectivity index (χ0) is 15.4. The average molecular weight is 298 g/mol. The molecule has 21 heavy (non-hydrogen) atoms. The van der Waals surface area contributed by atoms with E-state index in [2.05, 4.69) is 5.32 Å². The van der Waals surface area contributed by atoms with Crippen molar-refractivity contribution >= 4 is 6.03 Å². The number of urea groups is 1. The predicted octanol–water partition coefficient (Wildman–Crippen LogP) is 2.23. The molecule has 1 aromatic carbocycles. The Bertz CT molecular complexity index is 510. The molecule has 0 aliphatic carbocycles. The number of hydrogen-bond donors (Lipinski definition) is 2. The maximum atomic E-state index is 13.2. The summed E-state index contributed by atoms with van der Waals surface area (Å²) in [6.07, 6.45) is 1.69. The van der Waals surface area contributed by atoms with Crippen molar-refractivity contribution < 1.29 is 18.7 Å². The van der Waals surface area contributed by atoms with Crippen molar-refractivity contribution in [3.8, 4) is 0 Å². The minimum absolute atomic E-state index is 0.0356. The van der Waals surface area contributed by atoms with Gasteiger partial charge in [0, 0.05) is 13.1 Å². The lowest BCUT2D eigenvalue weighted by Gasteiger charge is -2.24. The van der Waals surface area contributed by atoms with Gasteiger partial charge in [0.15, 0.2) is 11.6 Å². The van der Waals surface area contributed by atoms with Gasteiger partial charge in [-0.25, -0.2) is 13.6 Å². The van der Waals surface area contributed by atoms with Crippen molar-refractivity contribution in [2.24, 2.45) is 0 Å². The Hall–Kier alpha value is -1.69. The van der Waals surface area contributed by atoms with Crippen molar-refractivity contribution in [2.75, 3.05) is 19.7 Å².